The lowest BCUT2D eigenvalue weighted by atomic mass is 10.2. The van der Waals surface area contributed by atoms with Crippen molar-refractivity contribution in [1.29, 1.82) is 0 Å². The summed E-state index contributed by atoms with van der Waals surface area (Å²) in [7, 11) is 0. The molecule has 2 heterocycles. The summed E-state index contributed by atoms with van der Waals surface area (Å²) < 4.78 is 0. The van der Waals surface area contributed by atoms with Crippen LogP contribution in [0.15, 0.2) is 0 Å². The van der Waals surface area contributed by atoms with Crippen LogP contribution in [-0.2, 0) is 0 Å². The van der Waals surface area contributed by atoms with Crippen LogP contribution in [0.25, 0.3) is 0 Å². The average molecular weight is 126 g/mol. The molecule has 0 aromatic heterocycles. The average Bonchev–Trinajstić information content (AvgIpc) is 2.46. The summed E-state index contributed by atoms with van der Waals surface area (Å²) in [6.07, 6.45) is 4.25. The highest BCUT2D eigenvalue weighted by molar-refractivity contribution is 4.88. The fraction of sp³-hybridized carbons (Fsp3) is 1.00. The monoisotopic (exact) mass is 126 g/mol. The van der Waals surface area contributed by atoms with E-state index in [4.69, 9.17) is 0 Å². The minimum Gasteiger partial charge on any atom is -0.304 e. The lowest BCUT2D eigenvalue weighted by molar-refractivity contribution is 0.403. The Bertz CT molecular complexity index is 91.1. The van der Waals surface area contributed by atoms with E-state index in [9.17, 15) is 0 Å². The van der Waals surface area contributed by atoms with E-state index >= 15 is 0 Å². The van der Waals surface area contributed by atoms with E-state index in [0.29, 0.717) is 0 Å². The predicted molar refractivity (Wildman–Crippen MR) is 37.2 cm³/mol. The molecule has 2 rings (SSSR count). The zero-order valence-corrected chi connectivity index (χ0v) is 5.77. The largest absolute Gasteiger partial charge is 0.304 e. The maximum Gasteiger partial charge on any atom is 0.0484 e. The van der Waals surface area contributed by atoms with Crippen molar-refractivity contribution in [3.05, 3.63) is 0 Å². The maximum absolute atomic E-state index is 3.40. The number of fused-ring (bicyclic) bond motifs is 1. The zero-order chi connectivity index (χ0) is 6.10. The van der Waals surface area contributed by atoms with Gasteiger partial charge in [0.25, 0.3) is 0 Å². The number of rotatable bonds is 0. The summed E-state index contributed by atoms with van der Waals surface area (Å²) in [6, 6.07) is 0.956. The molecule has 2 aliphatic heterocycles. The van der Waals surface area contributed by atoms with Gasteiger partial charge in [0.15, 0.2) is 0 Å². The van der Waals surface area contributed by atoms with Gasteiger partial charge < -0.3 is 5.32 Å². The number of hydrogen-bond acceptors (Lipinski definition) is 2. The van der Waals surface area contributed by atoms with Crippen LogP contribution in [0.2, 0.25) is 0 Å². The minimum absolute atomic E-state index is 0.956. The molecule has 1 N–H and O–H groups in total. The Labute approximate surface area is 56.2 Å². The molecule has 0 bridgehead atoms. The van der Waals surface area contributed by atoms with Gasteiger partial charge in [-0.15, -0.1) is 0 Å². The van der Waals surface area contributed by atoms with Gasteiger partial charge in [-0.1, -0.05) is 6.42 Å². The van der Waals surface area contributed by atoms with E-state index in [2.05, 4.69) is 10.2 Å². The summed E-state index contributed by atoms with van der Waals surface area (Å²) in [5.74, 6) is 0. The molecule has 0 aliphatic carbocycles. The first-order valence-electron chi connectivity index (χ1n) is 3.91. The topological polar surface area (TPSA) is 15.0 Å². The van der Waals surface area contributed by atoms with Crippen LogP contribution >= 0.6 is 0 Å². The van der Waals surface area contributed by atoms with E-state index < -0.39 is 0 Å². The zero-order valence-electron chi connectivity index (χ0n) is 5.77. The molecule has 2 atom stereocenters. The van der Waals surface area contributed by atoms with Gasteiger partial charge in [0.2, 0.25) is 0 Å². The standard InChI is InChI=1S/C7H14N2/c1-2-4-8-6-9-5-7(9)3-1/h7-8H,1-6H2. The lowest BCUT2D eigenvalue weighted by Gasteiger charge is -2.09. The third-order valence-electron chi connectivity index (χ3n) is 2.28. The second kappa shape index (κ2) is 2.27. The Balaban J connectivity index is 1.81. The van der Waals surface area contributed by atoms with Crippen LogP contribution in [-0.4, -0.2) is 30.7 Å². The van der Waals surface area contributed by atoms with E-state index in [1.54, 1.807) is 0 Å². The highest BCUT2D eigenvalue weighted by atomic mass is 15.4. The summed E-state index contributed by atoms with van der Waals surface area (Å²) >= 11 is 0. The molecule has 0 aromatic rings. The van der Waals surface area contributed by atoms with E-state index in [1.807, 2.05) is 0 Å². The third-order valence-corrected chi connectivity index (χ3v) is 2.28. The van der Waals surface area contributed by atoms with E-state index in [-0.39, 0.29) is 0 Å². The fourth-order valence-corrected chi connectivity index (χ4v) is 1.54. The molecule has 2 aliphatic rings. The van der Waals surface area contributed by atoms with Gasteiger partial charge in [-0.2, -0.15) is 0 Å². The van der Waals surface area contributed by atoms with Crippen LogP contribution in [0.5, 0.6) is 0 Å². The van der Waals surface area contributed by atoms with Crippen molar-refractivity contribution in [1.82, 2.24) is 10.2 Å². The lowest BCUT2D eigenvalue weighted by Crippen LogP contribution is -2.25. The summed E-state index contributed by atoms with van der Waals surface area (Å²) in [6.45, 7) is 3.72. The van der Waals surface area contributed by atoms with Gasteiger partial charge in [-0.25, -0.2) is 0 Å². The van der Waals surface area contributed by atoms with Crippen molar-refractivity contribution in [2.75, 3.05) is 19.8 Å². The van der Waals surface area contributed by atoms with Crippen LogP contribution in [0.1, 0.15) is 19.3 Å². The number of nitrogens with one attached hydrogen (secondary N) is 1. The van der Waals surface area contributed by atoms with Crippen LogP contribution < -0.4 is 5.32 Å². The Morgan fingerprint density at radius 1 is 1.33 bits per heavy atom. The highest BCUT2D eigenvalue weighted by Crippen LogP contribution is 2.22. The number of nitrogens with zero attached hydrogens (tertiary/aromatic N) is 1. The third kappa shape index (κ3) is 1.25. The van der Waals surface area contributed by atoms with Gasteiger partial charge >= 0.3 is 0 Å². The van der Waals surface area contributed by atoms with Gasteiger partial charge in [-0.05, 0) is 19.4 Å². The molecule has 2 heteroatoms. The maximum atomic E-state index is 3.40. The summed E-state index contributed by atoms with van der Waals surface area (Å²) in [4.78, 5) is 2.50. The second-order valence-corrected chi connectivity index (χ2v) is 3.08. The van der Waals surface area contributed by atoms with Crippen molar-refractivity contribution in [3.8, 4) is 0 Å². The molecule has 0 radical (unpaired) electrons. The molecular weight excluding hydrogens is 112 g/mol. The van der Waals surface area contributed by atoms with Gasteiger partial charge in [0, 0.05) is 19.3 Å². The van der Waals surface area contributed by atoms with Crippen molar-refractivity contribution >= 4 is 0 Å². The predicted octanol–water partition coefficient (Wildman–Crippen LogP) is 0.402. The second-order valence-electron chi connectivity index (χ2n) is 3.08. The molecule has 2 nitrogen and oxygen atoms in total. The van der Waals surface area contributed by atoms with E-state index in [1.165, 1.54) is 32.4 Å². The Morgan fingerprint density at radius 3 is 3.33 bits per heavy atom. The SMILES string of the molecule is C1CCC2CN2CNC1. The van der Waals surface area contributed by atoms with Gasteiger partial charge in [0.1, 0.15) is 0 Å². The molecule has 0 amide bonds. The molecular formula is C7H14N2. The number of hydrogen-bond donors (Lipinski definition) is 1. The highest BCUT2D eigenvalue weighted by Gasteiger charge is 2.32. The molecule has 2 fully saturated rings. The Kier molecular flexibility index (Phi) is 1.44. The first-order chi connectivity index (χ1) is 4.47. The first kappa shape index (κ1) is 5.69. The van der Waals surface area contributed by atoms with Crippen molar-refractivity contribution in [2.24, 2.45) is 0 Å². The van der Waals surface area contributed by atoms with Gasteiger partial charge in [-0.3, -0.25) is 4.90 Å². The van der Waals surface area contributed by atoms with Crippen molar-refractivity contribution < 1.29 is 0 Å². The Hall–Kier alpha value is -0.0800. The van der Waals surface area contributed by atoms with Crippen LogP contribution in [0, 0.1) is 0 Å². The molecule has 0 spiro atoms. The molecule has 0 saturated carbocycles. The quantitative estimate of drug-likeness (QED) is 0.473. The van der Waals surface area contributed by atoms with Crippen molar-refractivity contribution in [3.63, 3.8) is 0 Å². The molecule has 2 saturated heterocycles. The van der Waals surface area contributed by atoms with Gasteiger partial charge in [0.05, 0.1) is 0 Å². The summed E-state index contributed by atoms with van der Waals surface area (Å²) in [5, 5.41) is 3.40. The first-order valence-corrected chi connectivity index (χ1v) is 3.91. The molecule has 52 valence electrons. The van der Waals surface area contributed by atoms with E-state index in [0.717, 1.165) is 12.7 Å². The normalized spacial score (nSPS) is 42.7. The fourth-order valence-electron chi connectivity index (χ4n) is 1.54. The Morgan fingerprint density at radius 2 is 2.33 bits per heavy atom. The molecule has 2 unspecified atom stereocenters. The summed E-state index contributed by atoms with van der Waals surface area (Å²) in [5.41, 5.74) is 0. The van der Waals surface area contributed by atoms with Crippen LogP contribution in [0.3, 0.4) is 0 Å². The van der Waals surface area contributed by atoms with Crippen LogP contribution in [0.4, 0.5) is 0 Å². The van der Waals surface area contributed by atoms with Crippen molar-refractivity contribution in [2.45, 2.75) is 25.3 Å². The molecule has 9 heavy (non-hydrogen) atoms. The molecule has 0 aromatic carbocycles. The smallest absolute Gasteiger partial charge is 0.0484 e. The minimum atomic E-state index is 0.956.